The number of H-pyrrole nitrogens is 1. The fourth-order valence-corrected chi connectivity index (χ4v) is 17.3. The number of aryl methyl sites for hydroxylation is 1. The van der Waals surface area contributed by atoms with Gasteiger partial charge in [0, 0.05) is 71.4 Å². The van der Waals surface area contributed by atoms with Gasteiger partial charge in [-0.25, -0.2) is 34.1 Å². The summed E-state index contributed by atoms with van der Waals surface area (Å²) in [5, 5.41) is 235. The number of aliphatic hydroxyl groups excluding tert-OH is 16. The van der Waals surface area contributed by atoms with E-state index in [9.17, 15) is 194 Å². The molecule has 0 unspecified atom stereocenters. The zero-order valence-corrected chi connectivity index (χ0v) is 80.3. The number of carboxylic acid groups (broad SMARTS) is 5. The number of hydrogen-bond donors (Lipinski definition) is 30. The normalized spacial score (nSPS) is 17.4. The van der Waals surface area contributed by atoms with Gasteiger partial charge in [-0.3, -0.25) is 72.1 Å². The number of ether oxygens (including phenoxy) is 3. The van der Waals surface area contributed by atoms with E-state index in [1.54, 1.807) is 25.1 Å². The molecule has 2 aliphatic heterocycles. The number of aliphatic carboxylic acids is 5. The molecule has 2 aromatic carbocycles. The summed E-state index contributed by atoms with van der Waals surface area (Å²) < 4.78 is 17.3. The van der Waals surface area contributed by atoms with E-state index < -0.39 is 322 Å². The van der Waals surface area contributed by atoms with Crippen LogP contribution in [0.25, 0.3) is 33.5 Å². The molecule has 6 heterocycles. The van der Waals surface area contributed by atoms with Gasteiger partial charge in [0.1, 0.15) is 85.7 Å². The van der Waals surface area contributed by atoms with Gasteiger partial charge in [0.05, 0.1) is 159 Å². The van der Waals surface area contributed by atoms with Crippen molar-refractivity contribution in [2.45, 2.75) is 227 Å². The molecule has 8 rings (SSSR count). The van der Waals surface area contributed by atoms with Crippen LogP contribution in [0.5, 0.6) is 5.75 Å². The number of nitrogens with two attached hydrogens (primary N) is 1. The number of Topliss-reactive ketones (excluding diaryl/α,β-unsaturated/α-hetero) is 4. The lowest BCUT2D eigenvalue weighted by Crippen LogP contribution is -2.54. The minimum atomic E-state index is -2.50. The maximum Gasteiger partial charge on any atom is 0.513 e. The molecule has 0 fully saturated rings. The van der Waals surface area contributed by atoms with Crippen LogP contribution in [-0.4, -0.2) is 384 Å². The molecule has 6 aromatic rings. The minimum absolute atomic E-state index is 0.0173. The van der Waals surface area contributed by atoms with Crippen molar-refractivity contribution in [3.63, 3.8) is 0 Å². The van der Waals surface area contributed by atoms with Crippen LogP contribution in [0.1, 0.15) is 130 Å². The lowest BCUT2D eigenvalue weighted by molar-refractivity contribution is -0.172. The number of aliphatic hydroxyl groups is 17. The number of nitrogens with zero attached hydrogens (tertiary/aromatic N) is 5. The highest BCUT2D eigenvalue weighted by atomic mass is 33.1. The summed E-state index contributed by atoms with van der Waals surface area (Å²) >= 11 is 0. The molecule has 0 radical (unpaired) electrons. The van der Waals surface area contributed by atoms with Crippen molar-refractivity contribution < 1.29 is 203 Å². The third kappa shape index (κ3) is 32.1. The van der Waals surface area contributed by atoms with Crippen LogP contribution in [0.2, 0.25) is 0 Å². The Balaban J connectivity index is 0.000000398. The Labute approximate surface area is 837 Å². The van der Waals surface area contributed by atoms with Crippen molar-refractivity contribution in [3.05, 3.63) is 109 Å². The summed E-state index contributed by atoms with van der Waals surface area (Å²) in [5.41, 5.74) is 6.53. The lowest BCUT2D eigenvalue weighted by Gasteiger charge is -2.31. The van der Waals surface area contributed by atoms with Crippen LogP contribution >= 0.6 is 21.6 Å². The molecule has 58 heteroatoms. The van der Waals surface area contributed by atoms with E-state index in [0.717, 1.165) is 39.6 Å². The van der Waals surface area contributed by atoms with Crippen molar-refractivity contribution in [3.8, 4) is 17.1 Å². The van der Waals surface area contributed by atoms with Crippen LogP contribution in [0.3, 0.4) is 0 Å². The molecule has 0 bridgehead atoms. The number of aromatic amines is 1. The largest absolute Gasteiger partial charge is 0.513 e. The predicted octanol–water partition coefficient (Wildman–Crippen LogP) is -8.50. The Hall–Kier alpha value is -13.2. The summed E-state index contributed by atoms with van der Waals surface area (Å²) in [6, 6.07) is 2.28. The maximum absolute atomic E-state index is 13.8. The van der Waals surface area contributed by atoms with Gasteiger partial charge in [0.2, 0.25) is 29.6 Å². The average molecular weight is 2120 g/mol. The molecule has 806 valence electrons. The number of ketones is 4. The number of benzene rings is 2. The molecule has 4 aromatic heterocycles. The second-order valence-corrected chi connectivity index (χ2v) is 36.6. The molecular weight excluding hydrogens is 2000 g/mol. The smallest absolute Gasteiger partial charge is 0.481 e. The standard InChI is InChI=1S/C46H58N4O22S2.C43H57N9O21/c1-4-21-22-10-20(6-7-27(22)47-35-24(21)14-50-30(35)12-26-25(42(50)64)17-71-44(67)46(26,69)5-2)72-45(68)70-8-9-73-74-18-29(43(65)66)49-41(63)23(37(59)39(61)33(55)16-52)11-31(53)28(13-34(56)57)48-40(62)19(3)36(58)38(60)32(54)15-51;1-2-26(56)24(11-30(60)61)49-40(70)22(34(65)36(67)29(59)16-54)10-27(57)25(12-31(62)63)50-39(69)21(33(64)35(66)28(58)15-53)9-20(55)7-8-23(42(72)73)48-38(68)17-3-5-18(6-4-17)45-13-19-14-46-37-32(47-19)41(71)52-43(44)51-37/h6-7,10,12,19,23,28-29,32-33,36-39,51-52,54-55,58-61,69H,4-5,8-9,11,13-18H2,1-3H3,(H,48,62)(H,49,63)(H,56,57)(H,65,66);3-6,14,21-25,28-29,33-36,45,53-54,58-59,64-67H,2,7-13,15-16H2,1H3,(H,48,68)(H,49,70)(H,50,69)(H,60,61)(H,62,63)(H,72,73)(H3,44,46,51,52,71)/t19-,23-,28-,29+,32+,33+,36+,37+,38+,39+,46-;21-,22-,23-,24-,25-,28+,29+,33+,34+,35+,36+/m00/s1. The Morgan fingerprint density at radius 3 is 1.55 bits per heavy atom. The molecular formula is C89H115N13O43S2. The van der Waals surface area contributed by atoms with Crippen molar-refractivity contribution >= 4 is 150 Å². The Morgan fingerprint density at radius 2 is 1.06 bits per heavy atom. The topological polar surface area (TPSA) is 950 Å². The molecule has 147 heavy (non-hydrogen) atoms. The molecule has 0 saturated heterocycles. The summed E-state index contributed by atoms with van der Waals surface area (Å²) in [6.45, 7) is 0.954. The zero-order chi connectivity index (χ0) is 110. The zero-order valence-electron chi connectivity index (χ0n) is 78.7. The first kappa shape index (κ1) is 121. The first-order valence-electron chi connectivity index (χ1n) is 45.2. The van der Waals surface area contributed by atoms with E-state index in [1.807, 2.05) is 22.9 Å². The highest BCUT2D eigenvalue weighted by molar-refractivity contribution is 8.76. The van der Waals surface area contributed by atoms with Gasteiger partial charge in [-0.2, -0.15) is 4.98 Å². The van der Waals surface area contributed by atoms with Crippen molar-refractivity contribution in [2.24, 2.45) is 23.7 Å². The second-order valence-electron chi connectivity index (χ2n) is 34.0. The number of carbonyl (C=O) groups excluding carboxylic acids is 11. The minimum Gasteiger partial charge on any atom is -0.481 e. The van der Waals surface area contributed by atoms with Gasteiger partial charge < -0.3 is 169 Å². The van der Waals surface area contributed by atoms with Gasteiger partial charge in [0.25, 0.3) is 17.0 Å². The van der Waals surface area contributed by atoms with E-state index >= 15 is 0 Å². The molecule has 31 N–H and O–H groups in total. The number of nitrogens with one attached hydrogen (secondary N) is 7. The number of esters is 1. The number of pyridine rings is 2. The van der Waals surface area contributed by atoms with Gasteiger partial charge in [-0.05, 0) is 73.4 Å². The predicted molar refractivity (Wildman–Crippen MR) is 501 cm³/mol. The summed E-state index contributed by atoms with van der Waals surface area (Å²) in [6.07, 6.45) is -35.1. The molecule has 0 saturated carbocycles. The van der Waals surface area contributed by atoms with Crippen molar-refractivity contribution in [2.75, 3.05) is 55.6 Å². The molecule has 0 spiro atoms. The molecule has 5 amide bonds. The number of anilines is 2. The highest BCUT2D eigenvalue weighted by Gasteiger charge is 2.48. The van der Waals surface area contributed by atoms with Crippen LogP contribution in [0.4, 0.5) is 16.4 Å². The maximum atomic E-state index is 13.8. The Kier molecular flexibility index (Phi) is 45.6. The van der Waals surface area contributed by atoms with Crippen LogP contribution in [0.15, 0.2) is 64.3 Å². The van der Waals surface area contributed by atoms with E-state index in [0.29, 0.717) is 40.1 Å². The number of cyclic esters (lactones) is 1. The van der Waals surface area contributed by atoms with Crippen LogP contribution < -0.4 is 53.5 Å². The van der Waals surface area contributed by atoms with Crippen molar-refractivity contribution in [1.29, 1.82) is 0 Å². The number of aromatic nitrogens is 6. The van der Waals surface area contributed by atoms with Gasteiger partial charge in [-0.1, -0.05) is 49.3 Å². The first-order chi connectivity index (χ1) is 69.2. The fourth-order valence-electron chi connectivity index (χ4n) is 15.4. The summed E-state index contributed by atoms with van der Waals surface area (Å²) in [5.74, 6) is -29.0. The van der Waals surface area contributed by atoms with Crippen LogP contribution in [-0.2, 0) is 108 Å². The van der Waals surface area contributed by atoms with Gasteiger partial charge in [0.15, 0.2) is 34.1 Å². The van der Waals surface area contributed by atoms with Gasteiger partial charge in [-0.15, -0.1) is 0 Å². The second kappa shape index (κ2) is 55.5. The molecule has 0 aliphatic carbocycles. The monoisotopic (exact) mass is 2120 g/mol. The van der Waals surface area contributed by atoms with E-state index in [1.165, 1.54) is 48.0 Å². The quantitative estimate of drug-likeness (QED) is 0.00729. The Bertz CT molecular complexity index is 5900. The number of amides is 5. The number of rotatable bonds is 59. The third-order valence-electron chi connectivity index (χ3n) is 23.9. The van der Waals surface area contributed by atoms with E-state index in [2.05, 4.69) is 35.9 Å². The number of carboxylic acids is 5. The number of hydrogen-bond acceptors (Lipinski definition) is 46. The third-order valence-corrected chi connectivity index (χ3v) is 26.2. The van der Waals surface area contributed by atoms with Gasteiger partial charge >= 0.3 is 42.0 Å². The molecule has 56 nitrogen and oxygen atoms in total. The number of nitrogen functional groups attached to an aromatic ring is 1. The van der Waals surface area contributed by atoms with E-state index in [-0.39, 0.29) is 84.4 Å². The average Bonchev–Trinajstić information content (AvgIpc) is 1.55. The van der Waals surface area contributed by atoms with Crippen LogP contribution in [0, 0.1) is 23.7 Å². The van der Waals surface area contributed by atoms with Crippen molar-refractivity contribution in [1.82, 2.24) is 56.1 Å². The first-order valence-corrected chi connectivity index (χ1v) is 47.6. The SMILES string of the molecule is CCC(=O)[C@H](CC(=O)O)NC(=O)[C@@H](CC(=O)[C@H](CC(=O)O)NC(=O)[C@@H](CC(=O)CC[C@H](NC(=O)c1ccc(NCc2cnc3nc(N)[nH]c(=O)c3n2)cc1)C(=O)O)[C@@H](O)[C@H](O)[C@H](O)CO)[C@@H](O)[C@H](O)[C@H](O)CO.CCc1c2c(nc3ccc(OC(=O)OCCSSC[C@@H](NC(=O)[C@@H](CC(=O)[C@H](CC(=O)O)NC(=O)[C@@H](C)[C@@H](O)[C@H](O)[C@H](O)CO)[C@@H](O)[C@H](O)[C@H](O)CO)C(=O)O)cc13)-c1cc3c(c(=O)n1C2)COC(=O)[C@]3(O)CC. The fraction of sp³-hybridized carbons (Fsp3) is 0.528. The summed E-state index contributed by atoms with van der Waals surface area (Å²) in [4.78, 5) is 250. The Morgan fingerprint density at radius 1 is 0.565 bits per heavy atom. The lowest BCUT2D eigenvalue weighted by atomic mass is 9.86. The number of fused-ring (bicyclic) bond motifs is 6. The number of carbonyl (C=O) groups is 16. The van der Waals surface area contributed by atoms with E-state index in [4.69, 9.17) is 30.0 Å². The highest BCUT2D eigenvalue weighted by Crippen LogP contribution is 2.42. The summed E-state index contributed by atoms with van der Waals surface area (Å²) in [7, 11) is 1.88. The molecule has 22 atom stereocenters. The molecule has 2 aliphatic rings.